The summed E-state index contributed by atoms with van der Waals surface area (Å²) in [6, 6.07) is 5.71. The largest absolute Gasteiger partial charge is 0.335 e. The third-order valence-corrected chi connectivity index (χ3v) is 4.84. The topological polar surface area (TPSA) is 59.3 Å². The Labute approximate surface area is 114 Å². The molecular formula is C14H20NO3P. The molecule has 0 atom stereocenters. The van der Waals surface area contributed by atoms with Gasteiger partial charge >= 0.3 is 7.60 Å². The van der Waals surface area contributed by atoms with E-state index in [1.807, 2.05) is 13.8 Å². The van der Waals surface area contributed by atoms with Gasteiger partial charge in [-0.1, -0.05) is 0 Å². The van der Waals surface area contributed by atoms with Gasteiger partial charge in [-0.15, -0.1) is 0 Å². The summed E-state index contributed by atoms with van der Waals surface area (Å²) < 4.78 is 23.1. The average Bonchev–Trinajstić information content (AvgIpc) is 2.34. The van der Waals surface area contributed by atoms with Crippen LogP contribution in [0.1, 0.15) is 36.1 Å². The minimum Gasteiger partial charge on any atom is -0.309 e. The Morgan fingerprint density at radius 3 is 2.00 bits per heavy atom. The molecule has 0 unspecified atom stereocenters. The SMILES string of the molecule is CCOP(=O)(Cc1c(C)cc(C#N)cc1C)OCC. The van der Waals surface area contributed by atoms with Crippen molar-refractivity contribution in [1.29, 1.82) is 5.26 Å². The molecule has 104 valence electrons. The average molecular weight is 281 g/mol. The fourth-order valence-electron chi connectivity index (χ4n) is 2.02. The molecule has 4 nitrogen and oxygen atoms in total. The van der Waals surface area contributed by atoms with Crippen molar-refractivity contribution in [3.8, 4) is 6.07 Å². The predicted molar refractivity (Wildman–Crippen MR) is 75.2 cm³/mol. The Hall–Kier alpha value is -1.14. The van der Waals surface area contributed by atoms with Crippen molar-refractivity contribution in [2.75, 3.05) is 13.2 Å². The third kappa shape index (κ3) is 4.18. The molecule has 5 heteroatoms. The summed E-state index contributed by atoms with van der Waals surface area (Å²) in [5.41, 5.74) is 3.43. The second-order valence-electron chi connectivity index (χ2n) is 4.30. The van der Waals surface area contributed by atoms with Crippen LogP contribution in [0.3, 0.4) is 0 Å². The number of rotatable bonds is 6. The molecule has 0 heterocycles. The minimum absolute atomic E-state index is 0.248. The van der Waals surface area contributed by atoms with Crippen LogP contribution in [0.15, 0.2) is 12.1 Å². The van der Waals surface area contributed by atoms with Crippen LogP contribution in [0.5, 0.6) is 0 Å². The summed E-state index contributed by atoms with van der Waals surface area (Å²) in [7, 11) is -3.10. The van der Waals surface area contributed by atoms with Crippen molar-refractivity contribution >= 4 is 7.60 Å². The molecule has 0 spiro atoms. The summed E-state index contributed by atoms with van der Waals surface area (Å²) in [5.74, 6) is 0. The highest BCUT2D eigenvalue weighted by Gasteiger charge is 2.25. The lowest BCUT2D eigenvalue weighted by atomic mass is 10.0. The van der Waals surface area contributed by atoms with Gasteiger partial charge in [-0.2, -0.15) is 5.26 Å². The van der Waals surface area contributed by atoms with Crippen molar-refractivity contribution < 1.29 is 13.6 Å². The minimum atomic E-state index is -3.10. The fraction of sp³-hybridized carbons (Fsp3) is 0.500. The molecule has 0 aromatic heterocycles. The summed E-state index contributed by atoms with van der Waals surface area (Å²) in [5, 5.41) is 8.92. The molecule has 0 radical (unpaired) electrons. The van der Waals surface area contributed by atoms with E-state index in [-0.39, 0.29) is 6.16 Å². The van der Waals surface area contributed by atoms with Crippen LogP contribution in [-0.2, 0) is 19.8 Å². The highest BCUT2D eigenvalue weighted by atomic mass is 31.2. The van der Waals surface area contributed by atoms with Gasteiger partial charge < -0.3 is 9.05 Å². The summed E-state index contributed by atoms with van der Waals surface area (Å²) in [6.45, 7) is 8.11. The van der Waals surface area contributed by atoms with Crippen LogP contribution in [0, 0.1) is 25.2 Å². The van der Waals surface area contributed by atoms with Crippen molar-refractivity contribution in [2.24, 2.45) is 0 Å². The van der Waals surface area contributed by atoms with Crippen molar-refractivity contribution in [1.82, 2.24) is 0 Å². The Morgan fingerprint density at radius 1 is 1.16 bits per heavy atom. The van der Waals surface area contributed by atoms with E-state index in [9.17, 15) is 4.57 Å². The first-order valence-electron chi connectivity index (χ1n) is 6.34. The lowest BCUT2D eigenvalue weighted by Gasteiger charge is -2.19. The van der Waals surface area contributed by atoms with Gasteiger partial charge in [0.25, 0.3) is 0 Å². The quantitative estimate of drug-likeness (QED) is 0.741. The summed E-state index contributed by atoms with van der Waals surface area (Å²) in [4.78, 5) is 0. The Kier molecular flexibility index (Phi) is 5.75. The van der Waals surface area contributed by atoms with Crippen LogP contribution in [0.4, 0.5) is 0 Å². The Bertz CT molecular complexity index is 501. The Balaban J connectivity index is 3.11. The van der Waals surface area contributed by atoms with Crippen LogP contribution >= 0.6 is 7.60 Å². The van der Waals surface area contributed by atoms with Crippen LogP contribution < -0.4 is 0 Å². The molecule has 0 saturated heterocycles. The first-order chi connectivity index (χ1) is 8.95. The van der Waals surface area contributed by atoms with E-state index in [0.29, 0.717) is 18.8 Å². The normalized spacial score (nSPS) is 11.3. The van der Waals surface area contributed by atoms with E-state index >= 15 is 0 Å². The highest BCUT2D eigenvalue weighted by molar-refractivity contribution is 7.53. The van der Waals surface area contributed by atoms with Crippen LogP contribution in [0.25, 0.3) is 0 Å². The molecule has 0 aliphatic heterocycles. The van der Waals surface area contributed by atoms with Crippen LogP contribution in [0.2, 0.25) is 0 Å². The Morgan fingerprint density at radius 2 is 1.63 bits per heavy atom. The van der Waals surface area contributed by atoms with Crippen molar-refractivity contribution in [3.63, 3.8) is 0 Å². The van der Waals surface area contributed by atoms with Crippen LogP contribution in [-0.4, -0.2) is 13.2 Å². The van der Waals surface area contributed by atoms with Gasteiger partial charge in [0.1, 0.15) is 0 Å². The standard InChI is InChI=1S/C14H20NO3P/c1-5-17-19(16,18-6-2)10-14-11(3)7-13(9-15)8-12(14)4/h7-8H,5-6,10H2,1-4H3. The van der Waals surface area contributed by atoms with E-state index in [0.717, 1.165) is 16.7 Å². The monoisotopic (exact) mass is 281 g/mol. The molecule has 1 aromatic rings. The number of aryl methyl sites for hydroxylation is 2. The highest BCUT2D eigenvalue weighted by Crippen LogP contribution is 2.52. The van der Waals surface area contributed by atoms with Gasteiger partial charge in [-0.05, 0) is 56.5 Å². The maximum atomic E-state index is 12.5. The van der Waals surface area contributed by atoms with E-state index in [1.54, 1.807) is 26.0 Å². The number of nitriles is 1. The fourth-order valence-corrected chi connectivity index (χ4v) is 3.95. The first kappa shape index (κ1) is 15.9. The van der Waals surface area contributed by atoms with Gasteiger partial charge in [-0.3, -0.25) is 4.57 Å². The first-order valence-corrected chi connectivity index (χ1v) is 8.07. The molecule has 19 heavy (non-hydrogen) atoms. The number of hydrogen-bond donors (Lipinski definition) is 0. The van der Waals surface area contributed by atoms with E-state index in [2.05, 4.69) is 6.07 Å². The van der Waals surface area contributed by atoms with Crippen molar-refractivity contribution in [3.05, 3.63) is 34.4 Å². The molecule has 1 aromatic carbocycles. The predicted octanol–water partition coefficient (Wildman–Crippen LogP) is 3.94. The zero-order valence-corrected chi connectivity index (χ0v) is 12.8. The van der Waals surface area contributed by atoms with Gasteiger partial charge in [0.05, 0.1) is 31.0 Å². The van der Waals surface area contributed by atoms with Crippen molar-refractivity contribution in [2.45, 2.75) is 33.9 Å². The molecule has 0 saturated carbocycles. The van der Waals surface area contributed by atoms with Gasteiger partial charge in [0, 0.05) is 0 Å². The van der Waals surface area contributed by atoms with E-state index in [4.69, 9.17) is 14.3 Å². The second-order valence-corrected chi connectivity index (χ2v) is 6.36. The number of nitrogens with zero attached hydrogens (tertiary/aromatic N) is 1. The zero-order valence-electron chi connectivity index (χ0n) is 11.9. The van der Waals surface area contributed by atoms with Gasteiger partial charge in [0.2, 0.25) is 0 Å². The number of hydrogen-bond acceptors (Lipinski definition) is 4. The van der Waals surface area contributed by atoms with Gasteiger partial charge in [-0.25, -0.2) is 0 Å². The third-order valence-electron chi connectivity index (χ3n) is 2.83. The maximum Gasteiger partial charge on any atom is 0.335 e. The summed E-state index contributed by atoms with van der Waals surface area (Å²) in [6.07, 6.45) is 0.248. The lowest BCUT2D eigenvalue weighted by Crippen LogP contribution is -2.02. The maximum absolute atomic E-state index is 12.5. The lowest BCUT2D eigenvalue weighted by molar-refractivity contribution is 0.219. The molecule has 0 aliphatic rings. The second kappa shape index (κ2) is 6.86. The molecule has 1 rings (SSSR count). The van der Waals surface area contributed by atoms with Gasteiger partial charge in [0.15, 0.2) is 0 Å². The van der Waals surface area contributed by atoms with E-state index < -0.39 is 7.60 Å². The molecule has 0 fully saturated rings. The molecule has 0 amide bonds. The molecule has 0 aliphatic carbocycles. The molecule has 0 bridgehead atoms. The van der Waals surface area contributed by atoms with E-state index in [1.165, 1.54) is 0 Å². The molecular weight excluding hydrogens is 261 g/mol. The zero-order chi connectivity index (χ0) is 14.5. The molecule has 0 N–H and O–H groups in total. The number of benzene rings is 1. The summed E-state index contributed by atoms with van der Waals surface area (Å²) >= 11 is 0. The smallest absolute Gasteiger partial charge is 0.309 e.